The first-order chi connectivity index (χ1) is 10.6. The number of hydrogen-bond donors (Lipinski definition) is 1. The second kappa shape index (κ2) is 5.75. The van der Waals surface area contributed by atoms with Gasteiger partial charge >= 0.3 is 5.97 Å². The molecular weight excluding hydrogens is 282 g/mol. The molecule has 1 unspecified atom stereocenters. The van der Waals surface area contributed by atoms with Crippen LogP contribution in [0.1, 0.15) is 35.7 Å². The van der Waals surface area contributed by atoms with E-state index in [1.54, 1.807) is 6.07 Å². The van der Waals surface area contributed by atoms with Gasteiger partial charge in [-0.1, -0.05) is 13.0 Å². The van der Waals surface area contributed by atoms with Crippen LogP contribution in [-0.4, -0.2) is 23.7 Å². The molecule has 0 amide bonds. The lowest BCUT2D eigenvalue weighted by molar-refractivity contribution is 0.0660. The molecule has 1 atom stereocenters. The number of hydrogen-bond acceptors (Lipinski definition) is 4. The van der Waals surface area contributed by atoms with E-state index in [1.807, 2.05) is 13.0 Å². The largest absolute Gasteiger partial charge is 0.487 e. The van der Waals surface area contributed by atoms with Gasteiger partial charge in [-0.25, -0.2) is 4.79 Å². The third kappa shape index (κ3) is 2.79. The second-order valence-corrected chi connectivity index (χ2v) is 5.54. The van der Waals surface area contributed by atoms with E-state index >= 15 is 0 Å². The summed E-state index contributed by atoms with van der Waals surface area (Å²) < 4.78 is 11.2. The highest BCUT2D eigenvalue weighted by Gasteiger charge is 2.24. The standard InChI is InChI=1S/C17H19NO4/c1-3-12-4-6-15-14(8-12)18(9-11(2)21-15)10-13-5-7-16(22-13)17(19)20/h4-8,11H,3,9-10H2,1-2H3,(H,19,20). The van der Waals surface area contributed by atoms with Crippen molar-refractivity contribution in [2.24, 2.45) is 0 Å². The lowest BCUT2D eigenvalue weighted by Crippen LogP contribution is -2.37. The third-order valence-electron chi connectivity index (χ3n) is 3.80. The van der Waals surface area contributed by atoms with Crippen molar-refractivity contribution in [1.82, 2.24) is 0 Å². The topological polar surface area (TPSA) is 62.9 Å². The van der Waals surface area contributed by atoms with E-state index in [0.29, 0.717) is 12.3 Å². The van der Waals surface area contributed by atoms with Crippen LogP contribution in [0.25, 0.3) is 0 Å². The summed E-state index contributed by atoms with van der Waals surface area (Å²) in [5.41, 5.74) is 2.28. The Morgan fingerprint density at radius 2 is 2.18 bits per heavy atom. The SMILES string of the molecule is CCc1ccc2c(c1)N(Cc1ccc(C(=O)O)o1)CC(C)O2. The predicted molar refractivity (Wildman–Crippen MR) is 82.6 cm³/mol. The van der Waals surface area contributed by atoms with Crippen molar-refractivity contribution < 1.29 is 19.1 Å². The van der Waals surface area contributed by atoms with Crippen molar-refractivity contribution in [2.45, 2.75) is 32.9 Å². The summed E-state index contributed by atoms with van der Waals surface area (Å²) in [7, 11) is 0. The maximum Gasteiger partial charge on any atom is 0.371 e. The van der Waals surface area contributed by atoms with E-state index in [9.17, 15) is 4.79 Å². The maximum atomic E-state index is 10.9. The molecule has 0 aliphatic carbocycles. The first-order valence-electron chi connectivity index (χ1n) is 7.43. The number of nitrogens with zero attached hydrogens (tertiary/aromatic N) is 1. The molecule has 0 saturated carbocycles. The summed E-state index contributed by atoms with van der Waals surface area (Å²) in [5, 5.41) is 8.94. The van der Waals surface area contributed by atoms with E-state index in [1.165, 1.54) is 11.6 Å². The lowest BCUT2D eigenvalue weighted by atomic mass is 10.1. The molecule has 2 aromatic rings. The van der Waals surface area contributed by atoms with Gasteiger partial charge < -0.3 is 19.2 Å². The van der Waals surface area contributed by atoms with Crippen LogP contribution in [0.4, 0.5) is 5.69 Å². The van der Waals surface area contributed by atoms with Crippen molar-refractivity contribution in [3.63, 3.8) is 0 Å². The fourth-order valence-corrected chi connectivity index (χ4v) is 2.71. The number of benzene rings is 1. The molecule has 0 radical (unpaired) electrons. The Kier molecular flexibility index (Phi) is 3.79. The van der Waals surface area contributed by atoms with Crippen LogP contribution in [-0.2, 0) is 13.0 Å². The summed E-state index contributed by atoms with van der Waals surface area (Å²) in [6.07, 6.45) is 1.04. The lowest BCUT2D eigenvalue weighted by Gasteiger charge is -2.34. The van der Waals surface area contributed by atoms with Gasteiger partial charge in [0.25, 0.3) is 0 Å². The molecule has 1 aliphatic rings. The molecule has 5 nitrogen and oxygen atoms in total. The number of carbonyl (C=O) groups is 1. The quantitative estimate of drug-likeness (QED) is 0.938. The fourth-order valence-electron chi connectivity index (χ4n) is 2.71. The molecule has 0 saturated heterocycles. The summed E-state index contributed by atoms with van der Waals surface area (Å²) in [6, 6.07) is 9.41. The number of aryl methyl sites for hydroxylation is 1. The molecule has 2 heterocycles. The predicted octanol–water partition coefficient (Wildman–Crippen LogP) is 3.33. The van der Waals surface area contributed by atoms with Crippen molar-refractivity contribution >= 4 is 11.7 Å². The molecule has 1 aromatic heterocycles. The van der Waals surface area contributed by atoms with Gasteiger partial charge in [-0.15, -0.1) is 0 Å². The smallest absolute Gasteiger partial charge is 0.371 e. The number of anilines is 1. The molecule has 5 heteroatoms. The van der Waals surface area contributed by atoms with Crippen LogP contribution in [0.3, 0.4) is 0 Å². The van der Waals surface area contributed by atoms with Gasteiger partial charge in [0.05, 0.1) is 18.8 Å². The number of carboxylic acids is 1. The molecule has 1 N–H and O–H groups in total. The molecule has 1 aromatic carbocycles. The number of fused-ring (bicyclic) bond motifs is 1. The minimum absolute atomic E-state index is 0.0289. The van der Waals surface area contributed by atoms with Crippen LogP contribution in [0.5, 0.6) is 5.75 Å². The summed E-state index contributed by atoms with van der Waals surface area (Å²) in [5.74, 6) is 0.425. The molecular formula is C17H19NO4. The maximum absolute atomic E-state index is 10.9. The number of aromatic carboxylic acids is 1. The molecule has 1 aliphatic heterocycles. The van der Waals surface area contributed by atoms with Gasteiger partial charge in [-0.2, -0.15) is 0 Å². The average molecular weight is 301 g/mol. The zero-order valence-corrected chi connectivity index (χ0v) is 12.7. The Bertz CT molecular complexity index is 692. The van der Waals surface area contributed by atoms with Crippen LogP contribution in [0.2, 0.25) is 0 Å². The number of ether oxygens (including phenoxy) is 1. The molecule has 116 valence electrons. The van der Waals surface area contributed by atoms with Gasteiger partial charge in [0.2, 0.25) is 5.76 Å². The van der Waals surface area contributed by atoms with E-state index in [0.717, 1.165) is 24.4 Å². The van der Waals surface area contributed by atoms with Gasteiger partial charge in [-0.05, 0) is 43.2 Å². The highest BCUT2D eigenvalue weighted by atomic mass is 16.5. The van der Waals surface area contributed by atoms with Crippen LogP contribution in [0.15, 0.2) is 34.7 Å². The molecule has 22 heavy (non-hydrogen) atoms. The van der Waals surface area contributed by atoms with Gasteiger partial charge in [0.1, 0.15) is 17.6 Å². The van der Waals surface area contributed by atoms with Gasteiger partial charge in [0.15, 0.2) is 0 Å². The molecule has 3 rings (SSSR count). The Balaban J connectivity index is 1.88. The van der Waals surface area contributed by atoms with Crippen LogP contribution in [0, 0.1) is 0 Å². The van der Waals surface area contributed by atoms with E-state index < -0.39 is 5.97 Å². The van der Waals surface area contributed by atoms with Gasteiger partial charge in [-0.3, -0.25) is 0 Å². The van der Waals surface area contributed by atoms with Crippen LogP contribution >= 0.6 is 0 Å². The summed E-state index contributed by atoms with van der Waals surface area (Å²) in [4.78, 5) is 13.1. The Labute approximate surface area is 129 Å². The van der Waals surface area contributed by atoms with Crippen molar-refractivity contribution in [2.75, 3.05) is 11.4 Å². The zero-order chi connectivity index (χ0) is 15.7. The summed E-state index contributed by atoms with van der Waals surface area (Å²) in [6.45, 7) is 5.41. The first kappa shape index (κ1) is 14.5. The minimum atomic E-state index is -1.05. The molecule has 0 spiro atoms. The number of rotatable bonds is 4. The number of furan rings is 1. The Morgan fingerprint density at radius 1 is 1.36 bits per heavy atom. The van der Waals surface area contributed by atoms with Crippen LogP contribution < -0.4 is 9.64 Å². The average Bonchev–Trinajstić information content (AvgIpc) is 2.95. The number of carboxylic acid groups (broad SMARTS) is 1. The van der Waals surface area contributed by atoms with Gasteiger partial charge in [0, 0.05) is 0 Å². The molecule has 0 fully saturated rings. The highest BCUT2D eigenvalue weighted by Crippen LogP contribution is 2.35. The van der Waals surface area contributed by atoms with E-state index in [-0.39, 0.29) is 11.9 Å². The Hall–Kier alpha value is -2.43. The fraction of sp³-hybridized carbons (Fsp3) is 0.353. The normalized spacial score (nSPS) is 17.0. The van der Waals surface area contributed by atoms with Crippen molar-refractivity contribution in [3.05, 3.63) is 47.4 Å². The third-order valence-corrected chi connectivity index (χ3v) is 3.80. The van der Waals surface area contributed by atoms with Crippen molar-refractivity contribution in [3.8, 4) is 5.75 Å². The van der Waals surface area contributed by atoms with E-state index in [4.69, 9.17) is 14.3 Å². The minimum Gasteiger partial charge on any atom is -0.487 e. The van der Waals surface area contributed by atoms with E-state index in [2.05, 4.69) is 24.0 Å². The zero-order valence-electron chi connectivity index (χ0n) is 12.7. The molecule has 0 bridgehead atoms. The first-order valence-corrected chi connectivity index (χ1v) is 7.43. The second-order valence-electron chi connectivity index (χ2n) is 5.54. The Morgan fingerprint density at radius 3 is 2.86 bits per heavy atom. The summed E-state index contributed by atoms with van der Waals surface area (Å²) >= 11 is 0. The van der Waals surface area contributed by atoms with Crippen molar-refractivity contribution in [1.29, 1.82) is 0 Å². The monoisotopic (exact) mass is 301 g/mol. The highest BCUT2D eigenvalue weighted by molar-refractivity contribution is 5.84.